The molecule has 0 amide bonds. The molecule has 2 aromatic heterocycles. The van der Waals surface area contributed by atoms with Gasteiger partial charge in [0.2, 0.25) is 11.7 Å². The van der Waals surface area contributed by atoms with Crippen LogP contribution in [0.2, 0.25) is 0 Å². The lowest BCUT2D eigenvalue weighted by molar-refractivity contribution is -0.138. The average molecular weight is 423 g/mol. The van der Waals surface area contributed by atoms with Gasteiger partial charge in [-0.1, -0.05) is 17.3 Å². The fraction of sp³-hybridized carbons (Fsp3) is 0.364. The van der Waals surface area contributed by atoms with Crippen molar-refractivity contribution in [3.63, 3.8) is 0 Å². The molecule has 0 saturated carbocycles. The highest BCUT2D eigenvalue weighted by atomic mass is 16.5. The van der Waals surface area contributed by atoms with Gasteiger partial charge in [-0.25, -0.2) is 4.98 Å². The third kappa shape index (κ3) is 4.36. The predicted octanol–water partition coefficient (Wildman–Crippen LogP) is 2.92. The first-order valence-electron chi connectivity index (χ1n) is 10.1. The normalized spacial score (nSPS) is 13.9. The van der Waals surface area contributed by atoms with Gasteiger partial charge in [-0.3, -0.25) is 9.69 Å². The number of hydrogen-bond donors (Lipinski definition) is 2. The van der Waals surface area contributed by atoms with Gasteiger partial charge in [0.15, 0.2) is 0 Å². The lowest BCUT2D eigenvalue weighted by Crippen LogP contribution is -2.35. The van der Waals surface area contributed by atoms with Gasteiger partial charge >= 0.3 is 5.97 Å². The average Bonchev–Trinajstić information content (AvgIpc) is 3.19. The topological polar surface area (TPSA) is 128 Å². The molecular formula is C22H25N5O4. The number of aliphatic carboxylic acids is 1. The van der Waals surface area contributed by atoms with E-state index in [4.69, 9.17) is 20.1 Å². The second kappa shape index (κ2) is 8.35. The largest absolute Gasteiger partial charge is 0.480 e. The number of aromatic nitrogens is 3. The van der Waals surface area contributed by atoms with Crippen LogP contribution in [-0.2, 0) is 17.8 Å². The second-order valence-electron chi connectivity index (χ2n) is 7.94. The Morgan fingerprint density at radius 2 is 2.19 bits per heavy atom. The number of nitrogens with two attached hydrogens (primary N) is 1. The van der Waals surface area contributed by atoms with Crippen LogP contribution in [0.4, 0.5) is 5.69 Å². The van der Waals surface area contributed by atoms with Crippen LogP contribution in [-0.4, -0.2) is 50.3 Å². The number of hydrogen-bond acceptors (Lipinski definition) is 8. The Hall–Kier alpha value is -3.46. The van der Waals surface area contributed by atoms with Crippen LogP contribution in [0.1, 0.15) is 30.5 Å². The first-order valence-corrected chi connectivity index (χ1v) is 10.1. The first-order chi connectivity index (χ1) is 14.8. The smallest absolute Gasteiger partial charge is 0.317 e. The van der Waals surface area contributed by atoms with E-state index in [2.05, 4.69) is 15.1 Å². The number of ether oxygens (including phenoxy) is 1. The van der Waals surface area contributed by atoms with Crippen molar-refractivity contribution in [2.45, 2.75) is 39.8 Å². The highest BCUT2D eigenvalue weighted by Gasteiger charge is 2.22. The fourth-order valence-corrected chi connectivity index (χ4v) is 3.83. The van der Waals surface area contributed by atoms with Crippen molar-refractivity contribution < 1.29 is 19.2 Å². The quantitative estimate of drug-likeness (QED) is 0.615. The zero-order chi connectivity index (χ0) is 22.1. The Labute approximate surface area is 179 Å². The maximum atomic E-state index is 11.0. The summed E-state index contributed by atoms with van der Waals surface area (Å²) in [4.78, 5) is 21.7. The molecule has 1 aromatic carbocycles. The van der Waals surface area contributed by atoms with E-state index in [-0.39, 0.29) is 12.6 Å². The molecule has 3 N–H and O–H groups in total. The van der Waals surface area contributed by atoms with Crippen LogP contribution in [0, 0.1) is 6.92 Å². The van der Waals surface area contributed by atoms with E-state index in [9.17, 15) is 4.79 Å². The number of nitrogens with zero attached hydrogens (tertiary/aromatic N) is 4. The number of carbonyl (C=O) groups is 1. The number of pyridine rings is 1. The number of benzene rings is 1. The summed E-state index contributed by atoms with van der Waals surface area (Å²) in [6.45, 7) is 7.22. The Morgan fingerprint density at radius 3 is 2.90 bits per heavy atom. The SMILES string of the molecule is Cc1c(-c2noc(-c3cnc(OC(C)C)c(N)c3)n2)ccc2c1CCN(CC(=O)O)C2. The van der Waals surface area contributed by atoms with E-state index in [0.29, 0.717) is 41.9 Å². The summed E-state index contributed by atoms with van der Waals surface area (Å²) < 4.78 is 11.0. The van der Waals surface area contributed by atoms with Crippen molar-refractivity contribution in [2.75, 3.05) is 18.8 Å². The molecule has 9 heteroatoms. The van der Waals surface area contributed by atoms with Gasteiger partial charge in [0, 0.05) is 24.8 Å². The Morgan fingerprint density at radius 1 is 1.39 bits per heavy atom. The number of anilines is 1. The van der Waals surface area contributed by atoms with Gasteiger partial charge in [-0.2, -0.15) is 4.98 Å². The molecule has 162 valence electrons. The molecule has 4 rings (SSSR count). The predicted molar refractivity (Wildman–Crippen MR) is 114 cm³/mol. The monoisotopic (exact) mass is 423 g/mol. The number of rotatable bonds is 6. The minimum atomic E-state index is -0.810. The lowest BCUT2D eigenvalue weighted by atomic mass is 9.91. The molecule has 9 nitrogen and oxygen atoms in total. The molecule has 3 aromatic rings. The molecule has 1 aliphatic heterocycles. The van der Waals surface area contributed by atoms with Gasteiger partial charge in [0.25, 0.3) is 5.89 Å². The highest BCUT2D eigenvalue weighted by molar-refractivity contribution is 5.69. The van der Waals surface area contributed by atoms with Gasteiger partial charge in [0.1, 0.15) is 0 Å². The molecule has 0 unspecified atom stereocenters. The zero-order valence-electron chi connectivity index (χ0n) is 17.8. The number of nitrogen functional groups attached to an aromatic ring is 1. The van der Waals surface area contributed by atoms with Crippen molar-refractivity contribution in [1.29, 1.82) is 0 Å². The molecule has 1 aliphatic rings. The number of fused-ring (bicyclic) bond motifs is 1. The molecule has 0 radical (unpaired) electrons. The summed E-state index contributed by atoms with van der Waals surface area (Å²) in [7, 11) is 0. The van der Waals surface area contributed by atoms with Crippen LogP contribution in [0.5, 0.6) is 5.88 Å². The van der Waals surface area contributed by atoms with Gasteiger partial charge in [0.05, 0.1) is 23.9 Å². The summed E-state index contributed by atoms with van der Waals surface area (Å²) in [5.41, 5.74) is 11.4. The van der Waals surface area contributed by atoms with E-state index in [1.165, 1.54) is 5.56 Å². The lowest BCUT2D eigenvalue weighted by Gasteiger charge is -2.28. The minimum absolute atomic E-state index is 0.0288. The molecular weight excluding hydrogens is 398 g/mol. The summed E-state index contributed by atoms with van der Waals surface area (Å²) in [6, 6.07) is 5.68. The zero-order valence-corrected chi connectivity index (χ0v) is 17.8. The van der Waals surface area contributed by atoms with E-state index in [0.717, 1.165) is 23.1 Å². The van der Waals surface area contributed by atoms with E-state index in [1.54, 1.807) is 12.3 Å². The van der Waals surface area contributed by atoms with Crippen LogP contribution >= 0.6 is 0 Å². The molecule has 0 spiro atoms. The van der Waals surface area contributed by atoms with Gasteiger partial charge < -0.3 is 20.1 Å². The molecule has 0 atom stereocenters. The maximum Gasteiger partial charge on any atom is 0.317 e. The van der Waals surface area contributed by atoms with Crippen LogP contribution < -0.4 is 10.5 Å². The third-order valence-corrected chi connectivity index (χ3v) is 5.27. The molecule has 0 fully saturated rings. The van der Waals surface area contributed by atoms with Crippen molar-refractivity contribution in [1.82, 2.24) is 20.0 Å². The van der Waals surface area contributed by atoms with Gasteiger partial charge in [-0.05, 0) is 49.9 Å². The van der Waals surface area contributed by atoms with Crippen LogP contribution in [0.25, 0.3) is 22.8 Å². The summed E-state index contributed by atoms with van der Waals surface area (Å²) in [6.07, 6.45) is 2.35. The van der Waals surface area contributed by atoms with Crippen molar-refractivity contribution >= 4 is 11.7 Å². The van der Waals surface area contributed by atoms with Crippen LogP contribution in [0.15, 0.2) is 28.9 Å². The summed E-state index contributed by atoms with van der Waals surface area (Å²) in [5, 5.41) is 13.2. The Bertz CT molecular complexity index is 1130. The molecule has 0 bridgehead atoms. The second-order valence-corrected chi connectivity index (χ2v) is 7.94. The Balaban J connectivity index is 1.59. The van der Waals surface area contributed by atoms with Crippen molar-refractivity contribution in [3.05, 3.63) is 41.1 Å². The highest BCUT2D eigenvalue weighted by Crippen LogP contribution is 2.32. The fourth-order valence-electron chi connectivity index (χ4n) is 3.83. The summed E-state index contributed by atoms with van der Waals surface area (Å²) in [5.74, 6) is 0.385. The van der Waals surface area contributed by atoms with Crippen molar-refractivity contribution in [2.24, 2.45) is 0 Å². The number of carboxylic acids is 1. The Kier molecular flexibility index (Phi) is 5.60. The maximum absolute atomic E-state index is 11.0. The standard InChI is InChI=1S/C22H25N5O4/c1-12(2)30-22-18(23)8-15(9-24-22)21-25-20(26-31-21)17-5-4-14-10-27(11-19(28)29)7-6-16(14)13(17)3/h4-5,8-9,12H,6-7,10-11,23H2,1-3H3,(H,28,29). The van der Waals surface area contributed by atoms with Gasteiger partial charge in [-0.15, -0.1) is 0 Å². The number of carboxylic acid groups (broad SMARTS) is 1. The van der Waals surface area contributed by atoms with Crippen molar-refractivity contribution in [3.8, 4) is 28.7 Å². The van der Waals surface area contributed by atoms with Crippen LogP contribution in [0.3, 0.4) is 0 Å². The first kappa shape index (κ1) is 20.8. The molecule has 31 heavy (non-hydrogen) atoms. The molecule has 0 aliphatic carbocycles. The minimum Gasteiger partial charge on any atom is -0.480 e. The van der Waals surface area contributed by atoms with E-state index < -0.39 is 5.97 Å². The van der Waals surface area contributed by atoms with E-state index >= 15 is 0 Å². The third-order valence-electron chi connectivity index (χ3n) is 5.27. The molecule has 0 saturated heterocycles. The molecule has 3 heterocycles. The van der Waals surface area contributed by atoms with E-state index in [1.807, 2.05) is 37.8 Å². The summed E-state index contributed by atoms with van der Waals surface area (Å²) >= 11 is 0.